The molecule has 0 bridgehead atoms. The minimum absolute atomic E-state index is 0.448. The third-order valence-electron chi connectivity index (χ3n) is 2.15. The predicted octanol–water partition coefficient (Wildman–Crippen LogP) is 1.95. The molecule has 0 unspecified atom stereocenters. The summed E-state index contributed by atoms with van der Waals surface area (Å²) in [5.41, 5.74) is 1.81. The van der Waals surface area contributed by atoms with Crippen LogP contribution in [0.4, 0.5) is 0 Å². The molecule has 0 heterocycles. The van der Waals surface area contributed by atoms with E-state index in [1.807, 2.05) is 24.3 Å². The zero-order valence-corrected chi connectivity index (χ0v) is 9.76. The first-order chi connectivity index (χ1) is 8.24. The van der Waals surface area contributed by atoms with Crippen molar-refractivity contribution in [2.45, 2.75) is 6.61 Å². The zero-order valence-electron chi connectivity index (χ0n) is 9.76. The van der Waals surface area contributed by atoms with Crippen molar-refractivity contribution in [1.82, 2.24) is 0 Å². The molecule has 1 N–H and O–H groups in total. The molecule has 0 spiro atoms. The van der Waals surface area contributed by atoms with E-state index in [0.717, 1.165) is 17.2 Å². The van der Waals surface area contributed by atoms with Crippen molar-refractivity contribution in [3.05, 3.63) is 41.5 Å². The summed E-state index contributed by atoms with van der Waals surface area (Å²) >= 11 is 0. The summed E-state index contributed by atoms with van der Waals surface area (Å²) < 4.78 is 10.3. The van der Waals surface area contributed by atoms with E-state index < -0.39 is 5.97 Å². The molecule has 4 heteroatoms. The fourth-order valence-corrected chi connectivity index (χ4v) is 1.31. The Morgan fingerprint density at radius 1 is 1.35 bits per heavy atom. The van der Waals surface area contributed by atoms with Gasteiger partial charge in [-0.2, -0.15) is 0 Å². The first kappa shape index (κ1) is 13.4. The monoisotopic (exact) mass is 236 g/mol. The maximum atomic E-state index is 10.4. The van der Waals surface area contributed by atoms with Crippen molar-refractivity contribution in [2.24, 2.45) is 0 Å². The Bertz CT molecular complexity index is 385. The number of carboxylic acid groups (broad SMARTS) is 1. The molecule has 1 rings (SSSR count). The van der Waals surface area contributed by atoms with Gasteiger partial charge in [-0.25, -0.2) is 4.79 Å². The lowest BCUT2D eigenvalue weighted by molar-refractivity contribution is -0.131. The van der Waals surface area contributed by atoms with Gasteiger partial charge in [0, 0.05) is 13.2 Å². The van der Waals surface area contributed by atoms with Crippen molar-refractivity contribution in [3.8, 4) is 0 Å². The second-order valence-corrected chi connectivity index (χ2v) is 3.42. The van der Waals surface area contributed by atoms with Crippen LogP contribution in [0.25, 0.3) is 6.08 Å². The Balaban J connectivity index is 2.61. The fraction of sp³-hybridized carbons (Fsp3) is 0.308. The van der Waals surface area contributed by atoms with Crippen LogP contribution in [-0.2, 0) is 20.9 Å². The molecular weight excluding hydrogens is 220 g/mol. The van der Waals surface area contributed by atoms with Gasteiger partial charge >= 0.3 is 5.97 Å². The third kappa shape index (κ3) is 5.29. The Kier molecular flexibility index (Phi) is 5.99. The maximum Gasteiger partial charge on any atom is 0.328 e. The van der Waals surface area contributed by atoms with Gasteiger partial charge in [-0.05, 0) is 17.2 Å². The molecule has 0 atom stereocenters. The van der Waals surface area contributed by atoms with Gasteiger partial charge in [0.2, 0.25) is 0 Å². The lowest BCUT2D eigenvalue weighted by atomic mass is 10.1. The summed E-state index contributed by atoms with van der Waals surface area (Å²) in [6.07, 6.45) is 2.69. The number of aliphatic carboxylic acids is 1. The Labute approximate surface area is 100 Å². The number of benzene rings is 1. The van der Waals surface area contributed by atoms with Gasteiger partial charge in [-0.3, -0.25) is 0 Å². The second-order valence-electron chi connectivity index (χ2n) is 3.42. The summed E-state index contributed by atoms with van der Waals surface area (Å²) in [5, 5.41) is 8.58. The van der Waals surface area contributed by atoms with E-state index in [4.69, 9.17) is 14.6 Å². The van der Waals surface area contributed by atoms with Crippen LogP contribution in [-0.4, -0.2) is 31.4 Å². The Morgan fingerprint density at radius 2 is 2.12 bits per heavy atom. The van der Waals surface area contributed by atoms with Crippen LogP contribution in [0.1, 0.15) is 11.1 Å². The van der Waals surface area contributed by atoms with Gasteiger partial charge in [0.15, 0.2) is 0 Å². The minimum atomic E-state index is -0.958. The van der Waals surface area contributed by atoms with Crippen molar-refractivity contribution in [3.63, 3.8) is 0 Å². The van der Waals surface area contributed by atoms with Gasteiger partial charge in [0.1, 0.15) is 0 Å². The molecule has 0 aliphatic carbocycles. The first-order valence-electron chi connectivity index (χ1n) is 5.29. The van der Waals surface area contributed by atoms with Crippen LogP contribution in [0, 0.1) is 0 Å². The standard InChI is InChI=1S/C13H16O4/c1-16-8-9-17-10-12-5-3-2-4-11(12)6-7-13(14)15/h2-7H,8-10H2,1H3,(H,14,15). The highest BCUT2D eigenvalue weighted by Gasteiger charge is 1.99. The molecule has 0 radical (unpaired) electrons. The van der Waals surface area contributed by atoms with E-state index in [1.165, 1.54) is 0 Å². The van der Waals surface area contributed by atoms with E-state index in [1.54, 1.807) is 13.2 Å². The molecule has 0 aliphatic heterocycles. The quantitative estimate of drug-likeness (QED) is 0.580. The van der Waals surface area contributed by atoms with Gasteiger partial charge in [0.05, 0.1) is 19.8 Å². The molecule has 17 heavy (non-hydrogen) atoms. The first-order valence-corrected chi connectivity index (χ1v) is 5.29. The van der Waals surface area contributed by atoms with Crippen LogP contribution in [0.3, 0.4) is 0 Å². The van der Waals surface area contributed by atoms with Crippen LogP contribution in [0.5, 0.6) is 0 Å². The molecule has 0 fully saturated rings. The topological polar surface area (TPSA) is 55.8 Å². The number of rotatable bonds is 7. The van der Waals surface area contributed by atoms with E-state index in [9.17, 15) is 4.79 Å². The highest BCUT2D eigenvalue weighted by Crippen LogP contribution is 2.11. The summed E-state index contributed by atoms with van der Waals surface area (Å²) in [5.74, 6) is -0.958. The van der Waals surface area contributed by atoms with Gasteiger partial charge in [0.25, 0.3) is 0 Å². The normalized spacial score (nSPS) is 10.9. The van der Waals surface area contributed by atoms with Crippen LogP contribution >= 0.6 is 0 Å². The van der Waals surface area contributed by atoms with Crippen LogP contribution < -0.4 is 0 Å². The van der Waals surface area contributed by atoms with E-state index >= 15 is 0 Å². The Morgan fingerprint density at radius 3 is 2.82 bits per heavy atom. The molecule has 1 aromatic rings. The second kappa shape index (κ2) is 7.60. The lowest BCUT2D eigenvalue weighted by Gasteiger charge is -2.06. The highest BCUT2D eigenvalue weighted by molar-refractivity contribution is 5.85. The van der Waals surface area contributed by atoms with Crippen molar-refractivity contribution < 1.29 is 19.4 Å². The van der Waals surface area contributed by atoms with E-state index in [-0.39, 0.29) is 0 Å². The van der Waals surface area contributed by atoms with Crippen molar-refractivity contribution >= 4 is 12.0 Å². The summed E-state index contributed by atoms with van der Waals surface area (Å²) in [6, 6.07) is 7.52. The minimum Gasteiger partial charge on any atom is -0.478 e. The molecule has 4 nitrogen and oxygen atoms in total. The number of hydrogen-bond acceptors (Lipinski definition) is 3. The number of ether oxygens (including phenoxy) is 2. The maximum absolute atomic E-state index is 10.4. The van der Waals surface area contributed by atoms with Crippen molar-refractivity contribution in [2.75, 3.05) is 20.3 Å². The predicted molar refractivity (Wildman–Crippen MR) is 64.6 cm³/mol. The average Bonchev–Trinajstić information content (AvgIpc) is 2.33. The number of carbonyl (C=O) groups is 1. The van der Waals surface area contributed by atoms with E-state index in [0.29, 0.717) is 19.8 Å². The van der Waals surface area contributed by atoms with Crippen molar-refractivity contribution in [1.29, 1.82) is 0 Å². The molecule has 0 saturated carbocycles. The average molecular weight is 236 g/mol. The van der Waals surface area contributed by atoms with Crippen LogP contribution in [0.2, 0.25) is 0 Å². The Hall–Kier alpha value is -1.65. The molecule has 0 amide bonds. The summed E-state index contributed by atoms with van der Waals surface area (Å²) in [7, 11) is 1.62. The molecule has 0 aliphatic rings. The molecule has 1 aromatic carbocycles. The van der Waals surface area contributed by atoms with Gasteiger partial charge in [-0.1, -0.05) is 24.3 Å². The summed E-state index contributed by atoms with van der Waals surface area (Å²) in [6.45, 7) is 1.52. The molecule has 0 aromatic heterocycles. The zero-order chi connectivity index (χ0) is 12.5. The lowest BCUT2D eigenvalue weighted by Crippen LogP contribution is -2.02. The van der Waals surface area contributed by atoms with Gasteiger partial charge < -0.3 is 14.6 Å². The smallest absolute Gasteiger partial charge is 0.328 e. The number of hydrogen-bond donors (Lipinski definition) is 1. The highest BCUT2D eigenvalue weighted by atomic mass is 16.5. The van der Waals surface area contributed by atoms with Gasteiger partial charge in [-0.15, -0.1) is 0 Å². The third-order valence-corrected chi connectivity index (χ3v) is 2.15. The SMILES string of the molecule is COCCOCc1ccccc1C=CC(=O)O. The fourth-order valence-electron chi connectivity index (χ4n) is 1.31. The number of methoxy groups -OCH3 is 1. The molecule has 92 valence electrons. The van der Waals surface area contributed by atoms with E-state index in [2.05, 4.69) is 0 Å². The number of carboxylic acids is 1. The van der Waals surface area contributed by atoms with Crippen LogP contribution in [0.15, 0.2) is 30.3 Å². The molecule has 0 saturated heterocycles. The molecular formula is C13H16O4. The largest absolute Gasteiger partial charge is 0.478 e. The summed E-state index contributed by atoms with van der Waals surface area (Å²) in [4.78, 5) is 10.4.